The highest BCUT2D eigenvalue weighted by Crippen LogP contribution is 2.16. The number of hydrogen-bond acceptors (Lipinski definition) is 5. The molecule has 128 valence electrons. The van der Waals surface area contributed by atoms with Crippen LogP contribution >= 0.6 is 12.6 Å². The number of thiol groups is 1. The summed E-state index contributed by atoms with van der Waals surface area (Å²) in [6.07, 6.45) is 2.24. The lowest BCUT2D eigenvalue weighted by molar-refractivity contribution is 0.306. The van der Waals surface area contributed by atoms with Gasteiger partial charge in [-0.15, -0.1) is 0 Å². The molecule has 0 saturated carbocycles. The van der Waals surface area contributed by atoms with Crippen LogP contribution in [-0.2, 0) is 10.4 Å². The van der Waals surface area contributed by atoms with Crippen LogP contribution in [0.3, 0.4) is 0 Å². The minimum Gasteiger partial charge on any atom is -0.494 e. The van der Waals surface area contributed by atoms with E-state index in [1.165, 1.54) is 11.1 Å². The van der Waals surface area contributed by atoms with E-state index in [9.17, 15) is 0 Å². The minimum absolute atomic E-state index is 0.797. The molecule has 0 radical (unpaired) electrons. The number of benzene rings is 1. The molecule has 8 heteroatoms. The SMILES string of the molecule is Cc1ccc(OCCCCNCCS)cc1C.O=S(=O)(O)O. The van der Waals surface area contributed by atoms with E-state index >= 15 is 0 Å². The zero-order chi connectivity index (χ0) is 17.0. The first-order valence-corrected chi connectivity index (χ1v) is 8.98. The van der Waals surface area contributed by atoms with Gasteiger partial charge in [-0.05, 0) is 56.5 Å². The Morgan fingerprint density at radius 3 is 2.32 bits per heavy atom. The summed E-state index contributed by atoms with van der Waals surface area (Å²) in [4.78, 5) is 0. The van der Waals surface area contributed by atoms with Crippen molar-refractivity contribution >= 4 is 23.0 Å². The average molecular weight is 351 g/mol. The van der Waals surface area contributed by atoms with Gasteiger partial charge in [-0.3, -0.25) is 9.11 Å². The highest BCUT2D eigenvalue weighted by molar-refractivity contribution is 7.80. The van der Waals surface area contributed by atoms with Gasteiger partial charge in [0.2, 0.25) is 0 Å². The monoisotopic (exact) mass is 351 g/mol. The van der Waals surface area contributed by atoms with Crippen molar-refractivity contribution in [2.45, 2.75) is 26.7 Å². The van der Waals surface area contributed by atoms with E-state index in [1.54, 1.807) is 0 Å². The molecule has 0 heterocycles. The Balaban J connectivity index is 0.000000763. The van der Waals surface area contributed by atoms with Crippen LogP contribution in [0.4, 0.5) is 0 Å². The van der Waals surface area contributed by atoms with E-state index in [0.29, 0.717) is 0 Å². The Bertz CT molecular complexity index is 512. The van der Waals surface area contributed by atoms with Gasteiger partial charge in [0, 0.05) is 12.3 Å². The normalized spacial score (nSPS) is 10.8. The Morgan fingerprint density at radius 2 is 1.77 bits per heavy atom. The van der Waals surface area contributed by atoms with Crippen LogP contribution in [0.5, 0.6) is 5.75 Å². The predicted molar refractivity (Wildman–Crippen MR) is 91.5 cm³/mol. The number of hydrogen-bond donors (Lipinski definition) is 4. The number of ether oxygens (including phenoxy) is 1. The molecule has 0 amide bonds. The third kappa shape index (κ3) is 14.2. The summed E-state index contributed by atoms with van der Waals surface area (Å²) >= 11 is 4.14. The highest BCUT2D eigenvalue weighted by Gasteiger charge is 1.97. The quantitative estimate of drug-likeness (QED) is 0.326. The molecule has 0 saturated heterocycles. The molecule has 0 bridgehead atoms. The third-order valence-corrected chi connectivity index (χ3v) is 3.01. The van der Waals surface area contributed by atoms with Gasteiger partial charge >= 0.3 is 10.4 Å². The van der Waals surface area contributed by atoms with E-state index < -0.39 is 10.4 Å². The molecular formula is C14H25NO5S2. The van der Waals surface area contributed by atoms with Crippen molar-refractivity contribution in [3.05, 3.63) is 29.3 Å². The van der Waals surface area contributed by atoms with Gasteiger partial charge in [-0.1, -0.05) is 6.07 Å². The van der Waals surface area contributed by atoms with Crippen LogP contribution in [0.2, 0.25) is 0 Å². The Hall–Kier alpha value is -0.800. The van der Waals surface area contributed by atoms with Crippen molar-refractivity contribution in [1.29, 1.82) is 0 Å². The number of unbranched alkanes of at least 4 members (excludes halogenated alkanes) is 1. The van der Waals surface area contributed by atoms with Crippen molar-refractivity contribution in [1.82, 2.24) is 5.32 Å². The standard InChI is InChI=1S/C14H23NOS.H2O4S/c1-12-5-6-14(11-13(12)2)16-9-4-3-7-15-8-10-17;1-5(2,3)4/h5-6,11,15,17H,3-4,7-10H2,1-2H3;(H2,1,2,3,4). The molecule has 0 spiro atoms. The molecule has 22 heavy (non-hydrogen) atoms. The van der Waals surface area contributed by atoms with E-state index in [4.69, 9.17) is 22.3 Å². The summed E-state index contributed by atoms with van der Waals surface area (Å²) in [5, 5.41) is 3.32. The van der Waals surface area contributed by atoms with Crippen molar-refractivity contribution in [3.8, 4) is 5.75 Å². The van der Waals surface area contributed by atoms with Gasteiger partial charge in [0.25, 0.3) is 0 Å². The first-order valence-electron chi connectivity index (χ1n) is 6.95. The van der Waals surface area contributed by atoms with Crippen LogP contribution in [0.15, 0.2) is 18.2 Å². The molecular weight excluding hydrogens is 326 g/mol. The molecule has 3 N–H and O–H groups in total. The van der Waals surface area contributed by atoms with Gasteiger partial charge in [-0.2, -0.15) is 21.0 Å². The topological polar surface area (TPSA) is 95.9 Å². The number of nitrogens with one attached hydrogen (secondary N) is 1. The molecule has 1 aromatic carbocycles. The Morgan fingerprint density at radius 1 is 1.14 bits per heavy atom. The minimum atomic E-state index is -4.67. The van der Waals surface area contributed by atoms with Crippen LogP contribution in [0.25, 0.3) is 0 Å². The van der Waals surface area contributed by atoms with Crippen molar-refractivity contribution in [2.24, 2.45) is 0 Å². The summed E-state index contributed by atoms with van der Waals surface area (Å²) < 4.78 is 37.3. The molecule has 0 aromatic heterocycles. The van der Waals surface area contributed by atoms with Gasteiger partial charge < -0.3 is 10.1 Å². The summed E-state index contributed by atoms with van der Waals surface area (Å²) in [6.45, 7) is 7.07. The van der Waals surface area contributed by atoms with Gasteiger partial charge in [0.05, 0.1) is 6.61 Å². The van der Waals surface area contributed by atoms with E-state index in [1.807, 2.05) is 6.07 Å². The first kappa shape index (κ1) is 21.2. The Kier molecular flexibility index (Phi) is 11.3. The van der Waals surface area contributed by atoms with Crippen LogP contribution in [0, 0.1) is 13.8 Å². The van der Waals surface area contributed by atoms with Gasteiger partial charge in [-0.25, -0.2) is 0 Å². The smallest absolute Gasteiger partial charge is 0.394 e. The molecule has 0 aliphatic rings. The summed E-state index contributed by atoms with van der Waals surface area (Å²) in [5.74, 6) is 1.88. The molecule has 0 unspecified atom stereocenters. The highest BCUT2D eigenvalue weighted by atomic mass is 32.3. The van der Waals surface area contributed by atoms with Gasteiger partial charge in [0.1, 0.15) is 5.75 Å². The molecule has 0 aliphatic carbocycles. The maximum atomic E-state index is 8.74. The van der Waals surface area contributed by atoms with E-state index in [-0.39, 0.29) is 0 Å². The molecule has 0 aliphatic heterocycles. The van der Waals surface area contributed by atoms with Crippen LogP contribution in [-0.4, -0.2) is 43.0 Å². The van der Waals surface area contributed by atoms with Crippen LogP contribution < -0.4 is 10.1 Å². The van der Waals surface area contributed by atoms with Crippen molar-refractivity contribution in [3.63, 3.8) is 0 Å². The third-order valence-electron chi connectivity index (χ3n) is 2.78. The lowest BCUT2D eigenvalue weighted by Crippen LogP contribution is -2.18. The molecule has 1 aromatic rings. The second-order valence-electron chi connectivity index (χ2n) is 4.72. The second kappa shape index (κ2) is 11.7. The summed E-state index contributed by atoms with van der Waals surface area (Å²) in [6, 6.07) is 6.26. The fraction of sp³-hybridized carbons (Fsp3) is 0.571. The molecule has 6 nitrogen and oxygen atoms in total. The number of aryl methyl sites for hydroxylation is 2. The largest absolute Gasteiger partial charge is 0.494 e. The average Bonchev–Trinajstić information content (AvgIpc) is 2.40. The zero-order valence-electron chi connectivity index (χ0n) is 12.9. The molecule has 1 rings (SSSR count). The predicted octanol–water partition coefficient (Wildman–Crippen LogP) is 2.33. The zero-order valence-corrected chi connectivity index (χ0v) is 14.7. The van der Waals surface area contributed by atoms with E-state index in [0.717, 1.165) is 44.0 Å². The maximum Gasteiger partial charge on any atom is 0.394 e. The fourth-order valence-electron chi connectivity index (χ4n) is 1.55. The summed E-state index contributed by atoms with van der Waals surface area (Å²) in [5.41, 5.74) is 2.60. The van der Waals surface area contributed by atoms with Crippen LogP contribution in [0.1, 0.15) is 24.0 Å². The maximum absolute atomic E-state index is 8.74. The number of rotatable bonds is 8. The summed E-state index contributed by atoms with van der Waals surface area (Å²) in [7, 11) is -4.67. The lowest BCUT2D eigenvalue weighted by atomic mass is 10.1. The molecule has 0 atom stereocenters. The second-order valence-corrected chi connectivity index (χ2v) is 6.07. The van der Waals surface area contributed by atoms with Crippen molar-refractivity contribution in [2.75, 3.05) is 25.4 Å². The van der Waals surface area contributed by atoms with Crippen molar-refractivity contribution < 1.29 is 22.3 Å². The molecule has 0 fully saturated rings. The van der Waals surface area contributed by atoms with Gasteiger partial charge in [0.15, 0.2) is 0 Å². The lowest BCUT2D eigenvalue weighted by Gasteiger charge is -2.08. The first-order chi connectivity index (χ1) is 10.2. The fourth-order valence-corrected chi connectivity index (χ4v) is 1.71. The van der Waals surface area contributed by atoms with E-state index in [2.05, 4.69) is 43.9 Å². The Labute approximate surface area is 138 Å².